The number of H-pyrrole nitrogens is 1. The molecule has 0 radical (unpaired) electrons. The van der Waals surface area contributed by atoms with Crippen LogP contribution >= 0.6 is 0 Å². The summed E-state index contributed by atoms with van der Waals surface area (Å²) in [6, 6.07) is 9.60. The molecule has 2 aromatic heterocycles. The topological polar surface area (TPSA) is 63.7 Å². The largest absolute Gasteiger partial charge is 0.470 e. The zero-order valence-electron chi connectivity index (χ0n) is 9.92. The number of nitrogens with zero attached hydrogens (tertiary/aromatic N) is 3. The number of hydrogen-bond donors (Lipinski definition) is 1. The van der Waals surface area contributed by atoms with E-state index >= 15 is 0 Å². The number of aromatic nitrogens is 4. The molecule has 3 rings (SSSR count). The first kappa shape index (κ1) is 10.7. The Labute approximate surface area is 104 Å². The molecular formula is C13H12N4O. The Hall–Kier alpha value is -2.43. The average Bonchev–Trinajstić information content (AvgIpc) is 2.89. The Morgan fingerprint density at radius 1 is 1.11 bits per heavy atom. The first-order valence-corrected chi connectivity index (χ1v) is 5.68. The Balaban J connectivity index is 1.89. The third-order valence-electron chi connectivity index (χ3n) is 2.62. The smallest absolute Gasteiger partial charge is 0.236 e. The molecule has 0 saturated heterocycles. The summed E-state index contributed by atoms with van der Waals surface area (Å²) in [5.41, 5.74) is 3.33. The van der Waals surface area contributed by atoms with Crippen LogP contribution in [0.15, 0.2) is 36.5 Å². The predicted molar refractivity (Wildman–Crippen MR) is 67.2 cm³/mol. The van der Waals surface area contributed by atoms with Gasteiger partial charge in [-0.2, -0.15) is 5.10 Å². The quantitative estimate of drug-likeness (QED) is 0.762. The Kier molecular flexibility index (Phi) is 2.64. The molecule has 0 unspecified atom stereocenters. The van der Waals surface area contributed by atoms with Crippen molar-refractivity contribution in [3.05, 3.63) is 47.9 Å². The molecule has 0 atom stereocenters. The minimum absolute atomic E-state index is 0.386. The molecule has 0 aliphatic carbocycles. The zero-order chi connectivity index (χ0) is 12.4. The van der Waals surface area contributed by atoms with Crippen LogP contribution in [0.4, 0.5) is 0 Å². The molecule has 1 N–H and O–H groups in total. The van der Waals surface area contributed by atoms with Gasteiger partial charge in [-0.25, -0.2) is 9.97 Å². The van der Waals surface area contributed by atoms with E-state index in [1.807, 2.05) is 37.3 Å². The highest BCUT2D eigenvalue weighted by atomic mass is 16.5. The van der Waals surface area contributed by atoms with E-state index in [0.29, 0.717) is 12.5 Å². The minimum Gasteiger partial charge on any atom is -0.470 e. The number of ether oxygens (including phenoxy) is 1. The summed E-state index contributed by atoms with van der Waals surface area (Å²) in [5, 5.41) is 6.77. The van der Waals surface area contributed by atoms with Crippen LogP contribution in [-0.2, 0) is 6.61 Å². The molecule has 3 aromatic rings. The molecule has 0 fully saturated rings. The van der Waals surface area contributed by atoms with Gasteiger partial charge in [-0.1, -0.05) is 12.1 Å². The fraction of sp³-hybridized carbons (Fsp3) is 0.154. The maximum absolute atomic E-state index is 5.63. The van der Waals surface area contributed by atoms with Crippen molar-refractivity contribution in [2.75, 3.05) is 0 Å². The molecule has 5 heteroatoms. The Bertz CT molecular complexity index is 664. The predicted octanol–water partition coefficient (Wildman–Crippen LogP) is 2.24. The van der Waals surface area contributed by atoms with Crippen LogP contribution in [0.2, 0.25) is 0 Å². The molecule has 5 nitrogen and oxygen atoms in total. The van der Waals surface area contributed by atoms with Crippen molar-refractivity contribution in [3.63, 3.8) is 0 Å². The third-order valence-corrected chi connectivity index (χ3v) is 2.62. The highest BCUT2D eigenvalue weighted by Gasteiger charge is 2.06. The van der Waals surface area contributed by atoms with Gasteiger partial charge in [0.05, 0.1) is 16.7 Å². The minimum atomic E-state index is 0.386. The second-order valence-electron chi connectivity index (χ2n) is 3.96. The summed E-state index contributed by atoms with van der Waals surface area (Å²) in [4.78, 5) is 8.91. The van der Waals surface area contributed by atoms with E-state index in [2.05, 4.69) is 20.2 Å². The van der Waals surface area contributed by atoms with Crippen molar-refractivity contribution in [2.24, 2.45) is 0 Å². The van der Waals surface area contributed by atoms with E-state index in [-0.39, 0.29) is 0 Å². The summed E-state index contributed by atoms with van der Waals surface area (Å²) >= 11 is 0. The van der Waals surface area contributed by atoms with E-state index in [4.69, 9.17) is 4.74 Å². The highest BCUT2D eigenvalue weighted by Crippen LogP contribution is 2.18. The van der Waals surface area contributed by atoms with Crippen LogP contribution in [-0.4, -0.2) is 20.2 Å². The van der Waals surface area contributed by atoms with E-state index < -0.39 is 0 Å². The summed E-state index contributed by atoms with van der Waals surface area (Å²) < 4.78 is 5.63. The SMILES string of the molecule is Cc1nc2ccccc2nc1OCc1cc[nH]n1. The van der Waals surface area contributed by atoms with Crippen LogP contribution in [0.3, 0.4) is 0 Å². The number of benzene rings is 1. The van der Waals surface area contributed by atoms with Crippen molar-refractivity contribution in [3.8, 4) is 5.88 Å². The summed E-state index contributed by atoms with van der Waals surface area (Å²) in [6.07, 6.45) is 1.76. The average molecular weight is 240 g/mol. The summed E-state index contributed by atoms with van der Waals surface area (Å²) in [5.74, 6) is 0.553. The standard InChI is InChI=1S/C13H12N4O/c1-9-13(18-8-10-6-7-14-17-10)16-12-5-3-2-4-11(12)15-9/h2-7H,8H2,1H3,(H,14,17). The number of hydrogen-bond acceptors (Lipinski definition) is 4. The monoisotopic (exact) mass is 240 g/mol. The Morgan fingerprint density at radius 3 is 2.61 bits per heavy atom. The lowest BCUT2D eigenvalue weighted by Crippen LogP contribution is -2.01. The number of aromatic amines is 1. The first-order valence-electron chi connectivity index (χ1n) is 5.68. The van der Waals surface area contributed by atoms with Gasteiger partial charge in [-0.05, 0) is 25.1 Å². The number of fused-ring (bicyclic) bond motifs is 1. The van der Waals surface area contributed by atoms with Gasteiger partial charge < -0.3 is 4.74 Å². The lowest BCUT2D eigenvalue weighted by molar-refractivity contribution is 0.286. The number of rotatable bonds is 3. The van der Waals surface area contributed by atoms with Crippen LogP contribution < -0.4 is 4.74 Å². The molecule has 0 amide bonds. The van der Waals surface area contributed by atoms with Gasteiger partial charge in [-0.3, -0.25) is 5.10 Å². The molecule has 0 aliphatic heterocycles. The highest BCUT2D eigenvalue weighted by molar-refractivity contribution is 5.74. The van der Waals surface area contributed by atoms with Gasteiger partial charge in [-0.15, -0.1) is 0 Å². The summed E-state index contributed by atoms with van der Waals surface area (Å²) in [7, 11) is 0. The maximum Gasteiger partial charge on any atom is 0.236 e. The van der Waals surface area contributed by atoms with E-state index in [9.17, 15) is 0 Å². The lowest BCUT2D eigenvalue weighted by atomic mass is 10.3. The molecule has 2 heterocycles. The molecule has 18 heavy (non-hydrogen) atoms. The van der Waals surface area contributed by atoms with Crippen LogP contribution in [0.25, 0.3) is 11.0 Å². The van der Waals surface area contributed by atoms with Gasteiger partial charge in [0.25, 0.3) is 0 Å². The summed E-state index contributed by atoms with van der Waals surface area (Å²) in [6.45, 7) is 2.27. The van der Waals surface area contributed by atoms with Gasteiger partial charge in [0.2, 0.25) is 5.88 Å². The number of nitrogens with one attached hydrogen (secondary N) is 1. The second kappa shape index (κ2) is 4.44. The molecule has 90 valence electrons. The van der Waals surface area contributed by atoms with Crippen molar-refractivity contribution in [1.29, 1.82) is 0 Å². The molecule has 0 aliphatic rings. The molecule has 1 aromatic carbocycles. The van der Waals surface area contributed by atoms with Crippen LogP contribution in [0, 0.1) is 6.92 Å². The van der Waals surface area contributed by atoms with Crippen molar-refractivity contribution >= 4 is 11.0 Å². The van der Waals surface area contributed by atoms with Gasteiger partial charge in [0.15, 0.2) is 0 Å². The Morgan fingerprint density at radius 2 is 1.89 bits per heavy atom. The van der Waals surface area contributed by atoms with E-state index in [1.165, 1.54) is 0 Å². The van der Waals surface area contributed by atoms with Gasteiger partial charge in [0.1, 0.15) is 12.3 Å². The van der Waals surface area contributed by atoms with Crippen molar-refractivity contribution < 1.29 is 4.74 Å². The second-order valence-corrected chi connectivity index (χ2v) is 3.96. The fourth-order valence-electron chi connectivity index (χ4n) is 1.72. The first-order chi connectivity index (χ1) is 8.83. The molecule has 0 bridgehead atoms. The van der Waals surface area contributed by atoms with E-state index in [1.54, 1.807) is 6.20 Å². The molecule has 0 saturated carbocycles. The van der Waals surface area contributed by atoms with Crippen molar-refractivity contribution in [2.45, 2.75) is 13.5 Å². The maximum atomic E-state index is 5.63. The van der Waals surface area contributed by atoms with Gasteiger partial charge in [0, 0.05) is 6.20 Å². The van der Waals surface area contributed by atoms with Crippen molar-refractivity contribution in [1.82, 2.24) is 20.2 Å². The molecule has 0 spiro atoms. The zero-order valence-corrected chi connectivity index (χ0v) is 9.92. The normalized spacial score (nSPS) is 10.7. The van der Waals surface area contributed by atoms with Crippen LogP contribution in [0.1, 0.15) is 11.4 Å². The number of para-hydroxylation sites is 2. The molecular weight excluding hydrogens is 228 g/mol. The number of aryl methyl sites for hydroxylation is 1. The lowest BCUT2D eigenvalue weighted by Gasteiger charge is -2.07. The van der Waals surface area contributed by atoms with Gasteiger partial charge >= 0.3 is 0 Å². The van der Waals surface area contributed by atoms with Crippen LogP contribution in [0.5, 0.6) is 5.88 Å². The third kappa shape index (κ3) is 2.02. The van der Waals surface area contributed by atoms with E-state index in [0.717, 1.165) is 22.4 Å². The fourth-order valence-corrected chi connectivity index (χ4v) is 1.72.